The number of aryl methyl sites for hydroxylation is 3. The van der Waals surface area contributed by atoms with Gasteiger partial charge in [0, 0.05) is 19.8 Å². The Labute approximate surface area is 152 Å². The number of hydrogen-bond acceptors (Lipinski definition) is 3. The molecule has 136 valence electrons. The maximum Gasteiger partial charge on any atom is 0.328 e. The zero-order chi connectivity index (χ0) is 18.8. The summed E-state index contributed by atoms with van der Waals surface area (Å²) in [6, 6.07) is 13.0. The fourth-order valence-electron chi connectivity index (χ4n) is 2.97. The summed E-state index contributed by atoms with van der Waals surface area (Å²) >= 11 is 0. The highest BCUT2D eigenvalue weighted by Gasteiger charge is 2.20. The van der Waals surface area contributed by atoms with Gasteiger partial charge >= 0.3 is 5.69 Å². The van der Waals surface area contributed by atoms with Crippen molar-refractivity contribution in [2.24, 2.45) is 14.1 Å². The highest BCUT2D eigenvalue weighted by atomic mass is 16.5. The second kappa shape index (κ2) is 7.07. The Morgan fingerprint density at radius 2 is 1.81 bits per heavy atom. The van der Waals surface area contributed by atoms with E-state index in [0.29, 0.717) is 17.9 Å². The van der Waals surface area contributed by atoms with Gasteiger partial charge in [-0.1, -0.05) is 25.1 Å². The fourth-order valence-corrected chi connectivity index (χ4v) is 2.97. The van der Waals surface area contributed by atoms with Crippen LogP contribution >= 0.6 is 0 Å². The predicted molar refractivity (Wildman–Crippen MR) is 103 cm³/mol. The average molecular weight is 353 g/mol. The van der Waals surface area contributed by atoms with E-state index in [1.165, 1.54) is 0 Å². The van der Waals surface area contributed by atoms with Gasteiger partial charge in [0.15, 0.2) is 6.10 Å². The molecule has 0 fully saturated rings. The molecule has 1 atom stereocenters. The molecule has 0 aliphatic heterocycles. The zero-order valence-electron chi connectivity index (χ0n) is 15.4. The van der Waals surface area contributed by atoms with Crippen LogP contribution in [-0.2, 0) is 18.9 Å². The highest BCUT2D eigenvalue weighted by Crippen LogP contribution is 2.21. The molecule has 0 aliphatic carbocycles. The molecular formula is C20H23N3O3. The lowest BCUT2D eigenvalue weighted by Crippen LogP contribution is -2.32. The van der Waals surface area contributed by atoms with Crippen LogP contribution in [0.2, 0.25) is 0 Å². The van der Waals surface area contributed by atoms with Crippen LogP contribution in [0.5, 0.6) is 5.75 Å². The summed E-state index contributed by atoms with van der Waals surface area (Å²) in [7, 11) is 3.44. The predicted octanol–water partition coefficient (Wildman–Crippen LogP) is 2.98. The van der Waals surface area contributed by atoms with Crippen molar-refractivity contribution in [3.63, 3.8) is 0 Å². The highest BCUT2D eigenvalue weighted by molar-refractivity contribution is 5.96. The number of carbonyl (C=O) groups is 1. The molecule has 3 aromatic rings. The summed E-state index contributed by atoms with van der Waals surface area (Å²) < 4.78 is 9.03. The molecule has 0 unspecified atom stereocenters. The molecule has 6 heteroatoms. The first-order valence-corrected chi connectivity index (χ1v) is 8.61. The molecule has 0 bridgehead atoms. The minimum absolute atomic E-state index is 0.0993. The monoisotopic (exact) mass is 353 g/mol. The van der Waals surface area contributed by atoms with E-state index in [9.17, 15) is 9.59 Å². The summed E-state index contributed by atoms with van der Waals surface area (Å²) in [4.78, 5) is 24.7. The first-order valence-electron chi connectivity index (χ1n) is 8.61. The maximum absolute atomic E-state index is 12.6. The van der Waals surface area contributed by atoms with Crippen molar-refractivity contribution in [2.45, 2.75) is 26.4 Å². The first-order chi connectivity index (χ1) is 12.4. The van der Waals surface area contributed by atoms with Crippen LogP contribution in [-0.4, -0.2) is 21.1 Å². The SMILES string of the molecule is CC[C@H](Oc1ccccc1C)C(=O)Nc1ccc2c(c1)n(C)c(=O)n2C. The minimum atomic E-state index is -0.591. The van der Waals surface area contributed by atoms with Gasteiger partial charge in [0.05, 0.1) is 11.0 Å². The molecule has 0 saturated heterocycles. The van der Waals surface area contributed by atoms with Gasteiger partial charge in [0.2, 0.25) is 0 Å². The number of nitrogens with one attached hydrogen (secondary N) is 1. The molecule has 3 rings (SSSR count). The summed E-state index contributed by atoms with van der Waals surface area (Å²) in [5.41, 5.74) is 3.11. The maximum atomic E-state index is 12.6. The largest absolute Gasteiger partial charge is 0.480 e. The van der Waals surface area contributed by atoms with Gasteiger partial charge in [-0.3, -0.25) is 13.9 Å². The smallest absolute Gasteiger partial charge is 0.328 e. The van der Waals surface area contributed by atoms with Gasteiger partial charge in [-0.15, -0.1) is 0 Å². The molecule has 0 radical (unpaired) electrons. The number of hydrogen-bond donors (Lipinski definition) is 1. The normalized spacial score (nSPS) is 12.2. The Hall–Kier alpha value is -3.02. The number of nitrogens with zero attached hydrogens (tertiary/aromatic N) is 2. The Kier molecular flexibility index (Phi) is 4.84. The molecule has 1 heterocycles. The van der Waals surface area contributed by atoms with Crippen molar-refractivity contribution >= 4 is 22.6 Å². The van der Waals surface area contributed by atoms with E-state index in [2.05, 4.69) is 5.32 Å². The Morgan fingerprint density at radius 1 is 1.12 bits per heavy atom. The number of rotatable bonds is 5. The van der Waals surface area contributed by atoms with Crippen LogP contribution in [0.3, 0.4) is 0 Å². The number of fused-ring (bicyclic) bond motifs is 1. The van der Waals surface area contributed by atoms with Crippen LogP contribution in [0, 0.1) is 6.92 Å². The number of anilines is 1. The fraction of sp³-hybridized carbons (Fsp3) is 0.300. The van der Waals surface area contributed by atoms with E-state index in [-0.39, 0.29) is 11.6 Å². The van der Waals surface area contributed by atoms with Gasteiger partial charge in [-0.25, -0.2) is 4.79 Å². The van der Waals surface area contributed by atoms with E-state index in [1.54, 1.807) is 35.4 Å². The van der Waals surface area contributed by atoms with E-state index in [1.807, 2.05) is 44.2 Å². The third kappa shape index (κ3) is 3.22. The zero-order valence-corrected chi connectivity index (χ0v) is 15.4. The Morgan fingerprint density at radius 3 is 2.50 bits per heavy atom. The van der Waals surface area contributed by atoms with E-state index >= 15 is 0 Å². The van der Waals surface area contributed by atoms with Crippen LogP contribution in [0.4, 0.5) is 5.69 Å². The second-order valence-electron chi connectivity index (χ2n) is 6.37. The number of amides is 1. The van der Waals surface area contributed by atoms with Crippen molar-refractivity contribution in [3.8, 4) is 5.75 Å². The summed E-state index contributed by atoms with van der Waals surface area (Å²) in [6.45, 7) is 3.86. The summed E-state index contributed by atoms with van der Waals surface area (Å²) in [6.07, 6.45) is -0.0435. The van der Waals surface area contributed by atoms with Crippen LogP contribution in [0.25, 0.3) is 11.0 Å². The molecule has 1 amide bonds. The summed E-state index contributed by atoms with van der Waals surface area (Å²) in [5.74, 6) is 0.492. The Balaban J connectivity index is 1.82. The molecule has 1 N–H and O–H groups in total. The van der Waals surface area contributed by atoms with Gasteiger partial charge in [-0.05, 0) is 43.2 Å². The van der Waals surface area contributed by atoms with Crippen LogP contribution in [0.1, 0.15) is 18.9 Å². The minimum Gasteiger partial charge on any atom is -0.480 e. The lowest BCUT2D eigenvalue weighted by atomic mass is 10.2. The van der Waals surface area contributed by atoms with E-state index < -0.39 is 6.10 Å². The molecule has 6 nitrogen and oxygen atoms in total. The van der Waals surface area contributed by atoms with Gasteiger partial charge in [0.1, 0.15) is 5.75 Å². The van der Waals surface area contributed by atoms with Crippen LogP contribution in [0.15, 0.2) is 47.3 Å². The standard InChI is InChI=1S/C20H23N3O3/c1-5-17(26-18-9-7-6-8-13(18)2)19(24)21-14-10-11-15-16(12-14)23(4)20(25)22(15)3/h6-12,17H,5H2,1-4H3,(H,21,24)/t17-/m0/s1. The average Bonchev–Trinajstić information content (AvgIpc) is 2.85. The van der Waals surface area contributed by atoms with Crippen molar-refractivity contribution in [3.05, 3.63) is 58.5 Å². The van der Waals surface area contributed by atoms with Crippen molar-refractivity contribution in [1.29, 1.82) is 0 Å². The molecule has 0 spiro atoms. The van der Waals surface area contributed by atoms with Crippen molar-refractivity contribution in [2.75, 3.05) is 5.32 Å². The number of para-hydroxylation sites is 1. The van der Waals surface area contributed by atoms with Gasteiger partial charge < -0.3 is 10.1 Å². The second-order valence-corrected chi connectivity index (χ2v) is 6.37. The third-order valence-electron chi connectivity index (χ3n) is 4.57. The third-order valence-corrected chi connectivity index (χ3v) is 4.57. The van der Waals surface area contributed by atoms with Crippen molar-refractivity contribution < 1.29 is 9.53 Å². The lowest BCUT2D eigenvalue weighted by molar-refractivity contribution is -0.122. The number of ether oxygens (including phenoxy) is 1. The number of carbonyl (C=O) groups excluding carboxylic acids is 1. The van der Waals surface area contributed by atoms with E-state index in [0.717, 1.165) is 16.6 Å². The van der Waals surface area contributed by atoms with E-state index in [4.69, 9.17) is 4.74 Å². The molecule has 26 heavy (non-hydrogen) atoms. The molecule has 0 aliphatic rings. The lowest BCUT2D eigenvalue weighted by Gasteiger charge is -2.18. The topological polar surface area (TPSA) is 65.3 Å². The van der Waals surface area contributed by atoms with Crippen LogP contribution < -0.4 is 15.7 Å². The Bertz CT molecular complexity index is 1020. The molecule has 2 aromatic carbocycles. The van der Waals surface area contributed by atoms with Gasteiger partial charge in [-0.2, -0.15) is 0 Å². The molecule has 1 aromatic heterocycles. The number of imidazole rings is 1. The quantitative estimate of drug-likeness (QED) is 0.767. The number of benzene rings is 2. The molecular weight excluding hydrogens is 330 g/mol. The summed E-state index contributed by atoms with van der Waals surface area (Å²) in [5, 5.41) is 2.89. The number of aromatic nitrogens is 2. The first kappa shape index (κ1) is 17.8. The van der Waals surface area contributed by atoms with Crippen molar-refractivity contribution in [1.82, 2.24) is 9.13 Å². The molecule has 0 saturated carbocycles. The van der Waals surface area contributed by atoms with Gasteiger partial charge in [0.25, 0.3) is 5.91 Å².